The lowest BCUT2D eigenvalue weighted by Gasteiger charge is -2.11. The summed E-state index contributed by atoms with van der Waals surface area (Å²) in [5, 5.41) is 2.10. The summed E-state index contributed by atoms with van der Waals surface area (Å²) in [5.41, 5.74) is 0.805. The first kappa shape index (κ1) is 12.3. The van der Waals surface area contributed by atoms with Crippen LogP contribution in [0.2, 0.25) is 0 Å². The highest BCUT2D eigenvalue weighted by molar-refractivity contribution is 6.08. The van der Waals surface area contributed by atoms with Crippen LogP contribution in [0.4, 0.5) is 0 Å². The SMILES string of the molecule is CCC1CCC(C(=O)c2cncc3ccccc23)C1. The van der Waals surface area contributed by atoms with Gasteiger partial charge < -0.3 is 0 Å². The molecule has 0 saturated heterocycles. The van der Waals surface area contributed by atoms with E-state index in [2.05, 4.69) is 11.9 Å². The zero-order valence-electron chi connectivity index (χ0n) is 11.3. The van der Waals surface area contributed by atoms with Gasteiger partial charge in [-0.05, 0) is 30.6 Å². The monoisotopic (exact) mass is 253 g/mol. The highest BCUT2D eigenvalue weighted by Crippen LogP contribution is 2.35. The number of aromatic nitrogens is 1. The molecule has 2 atom stereocenters. The number of hydrogen-bond acceptors (Lipinski definition) is 2. The standard InChI is InChI=1S/C17H19NO/c1-2-12-7-8-13(9-12)17(19)16-11-18-10-14-5-3-4-6-15(14)16/h3-6,10-13H,2,7-9H2,1H3. The minimum atomic E-state index is 0.206. The van der Waals surface area contributed by atoms with Crippen LogP contribution >= 0.6 is 0 Å². The van der Waals surface area contributed by atoms with Crippen LogP contribution in [0.25, 0.3) is 10.8 Å². The summed E-state index contributed by atoms with van der Waals surface area (Å²) in [4.78, 5) is 16.9. The summed E-state index contributed by atoms with van der Waals surface area (Å²) >= 11 is 0. The summed E-state index contributed by atoms with van der Waals surface area (Å²) in [7, 11) is 0. The molecule has 0 radical (unpaired) electrons. The summed E-state index contributed by atoms with van der Waals surface area (Å²) < 4.78 is 0. The van der Waals surface area contributed by atoms with E-state index in [4.69, 9.17) is 0 Å². The number of pyridine rings is 1. The van der Waals surface area contributed by atoms with Gasteiger partial charge in [-0.25, -0.2) is 0 Å². The van der Waals surface area contributed by atoms with Crippen LogP contribution in [-0.4, -0.2) is 10.8 Å². The first-order valence-electron chi connectivity index (χ1n) is 7.16. The summed E-state index contributed by atoms with van der Waals surface area (Å²) in [6.07, 6.45) is 8.06. The molecule has 0 spiro atoms. The van der Waals surface area contributed by atoms with Crippen molar-refractivity contribution >= 4 is 16.6 Å². The zero-order valence-corrected chi connectivity index (χ0v) is 11.3. The van der Waals surface area contributed by atoms with Crippen molar-refractivity contribution < 1.29 is 4.79 Å². The number of hydrogen-bond donors (Lipinski definition) is 0. The Morgan fingerprint density at radius 1 is 1.26 bits per heavy atom. The average molecular weight is 253 g/mol. The minimum Gasteiger partial charge on any atom is -0.294 e. The molecule has 3 rings (SSSR count). The van der Waals surface area contributed by atoms with E-state index in [1.807, 2.05) is 30.5 Å². The van der Waals surface area contributed by atoms with E-state index in [0.717, 1.165) is 35.1 Å². The van der Waals surface area contributed by atoms with Crippen LogP contribution in [0.1, 0.15) is 43.0 Å². The smallest absolute Gasteiger partial charge is 0.168 e. The molecule has 1 fully saturated rings. The molecule has 19 heavy (non-hydrogen) atoms. The number of ketones is 1. The quantitative estimate of drug-likeness (QED) is 0.766. The van der Waals surface area contributed by atoms with E-state index < -0.39 is 0 Å². The molecule has 0 amide bonds. The van der Waals surface area contributed by atoms with Crippen molar-refractivity contribution in [1.29, 1.82) is 0 Å². The van der Waals surface area contributed by atoms with Crippen LogP contribution in [0.3, 0.4) is 0 Å². The molecule has 2 heteroatoms. The molecule has 2 aromatic rings. The predicted octanol–water partition coefficient (Wildman–Crippen LogP) is 4.24. The lowest BCUT2D eigenvalue weighted by atomic mass is 9.93. The van der Waals surface area contributed by atoms with Crippen molar-refractivity contribution in [1.82, 2.24) is 4.98 Å². The molecule has 0 N–H and O–H groups in total. The van der Waals surface area contributed by atoms with Crippen molar-refractivity contribution in [3.63, 3.8) is 0 Å². The molecule has 2 nitrogen and oxygen atoms in total. The van der Waals surface area contributed by atoms with Gasteiger partial charge in [0.15, 0.2) is 5.78 Å². The van der Waals surface area contributed by atoms with Crippen molar-refractivity contribution in [3.05, 3.63) is 42.2 Å². The van der Waals surface area contributed by atoms with E-state index in [-0.39, 0.29) is 5.92 Å². The topological polar surface area (TPSA) is 30.0 Å². The lowest BCUT2D eigenvalue weighted by molar-refractivity contribution is 0.0921. The van der Waals surface area contributed by atoms with Gasteiger partial charge in [-0.3, -0.25) is 9.78 Å². The number of benzene rings is 1. The molecule has 1 aliphatic carbocycles. The molecule has 2 unspecified atom stereocenters. The number of nitrogens with zero attached hydrogens (tertiary/aromatic N) is 1. The molecular formula is C17H19NO. The number of carbonyl (C=O) groups is 1. The summed E-state index contributed by atoms with van der Waals surface area (Å²) in [6.45, 7) is 2.22. The Morgan fingerprint density at radius 3 is 2.89 bits per heavy atom. The Bertz CT molecular complexity index is 600. The number of rotatable bonds is 3. The minimum absolute atomic E-state index is 0.206. The first-order valence-corrected chi connectivity index (χ1v) is 7.16. The Kier molecular flexibility index (Phi) is 3.33. The second-order valence-corrected chi connectivity index (χ2v) is 5.56. The molecular weight excluding hydrogens is 234 g/mol. The van der Waals surface area contributed by atoms with Crippen molar-refractivity contribution in [2.24, 2.45) is 11.8 Å². The number of fused-ring (bicyclic) bond motifs is 1. The van der Waals surface area contributed by atoms with Gasteiger partial charge in [0.05, 0.1) is 0 Å². The third kappa shape index (κ3) is 2.27. The van der Waals surface area contributed by atoms with Crippen molar-refractivity contribution in [2.45, 2.75) is 32.6 Å². The van der Waals surface area contributed by atoms with Crippen molar-refractivity contribution in [2.75, 3.05) is 0 Å². The fourth-order valence-electron chi connectivity index (χ4n) is 3.22. The lowest BCUT2D eigenvalue weighted by Crippen LogP contribution is -2.12. The van der Waals surface area contributed by atoms with Crippen LogP contribution in [0.5, 0.6) is 0 Å². The molecule has 1 aromatic carbocycles. The highest BCUT2D eigenvalue weighted by Gasteiger charge is 2.30. The van der Waals surface area contributed by atoms with Crippen LogP contribution in [0.15, 0.2) is 36.7 Å². The Morgan fingerprint density at radius 2 is 2.11 bits per heavy atom. The summed E-state index contributed by atoms with van der Waals surface area (Å²) in [5.74, 6) is 1.23. The molecule has 1 aliphatic rings. The van der Waals surface area contributed by atoms with Gasteiger partial charge in [-0.15, -0.1) is 0 Å². The Balaban J connectivity index is 1.94. The van der Waals surface area contributed by atoms with Crippen LogP contribution < -0.4 is 0 Å². The maximum Gasteiger partial charge on any atom is 0.168 e. The van der Waals surface area contributed by atoms with E-state index >= 15 is 0 Å². The second-order valence-electron chi connectivity index (χ2n) is 5.56. The third-order valence-corrected chi connectivity index (χ3v) is 4.42. The number of carbonyl (C=O) groups excluding carboxylic acids is 1. The van der Waals surface area contributed by atoms with Crippen LogP contribution in [-0.2, 0) is 0 Å². The maximum absolute atomic E-state index is 12.7. The normalized spacial score (nSPS) is 22.8. The van der Waals surface area contributed by atoms with Gasteiger partial charge in [-0.1, -0.05) is 37.6 Å². The fourth-order valence-corrected chi connectivity index (χ4v) is 3.22. The third-order valence-electron chi connectivity index (χ3n) is 4.42. The average Bonchev–Trinajstić information content (AvgIpc) is 2.95. The van der Waals surface area contributed by atoms with Crippen molar-refractivity contribution in [3.8, 4) is 0 Å². The van der Waals surface area contributed by atoms with E-state index in [0.29, 0.717) is 5.78 Å². The number of Topliss-reactive ketones (excluding diaryl/α,β-unsaturated/α-hetero) is 1. The van der Waals surface area contributed by atoms with Gasteiger partial charge in [0.1, 0.15) is 0 Å². The van der Waals surface area contributed by atoms with Crippen LogP contribution in [0, 0.1) is 11.8 Å². The van der Waals surface area contributed by atoms with Gasteiger partial charge >= 0.3 is 0 Å². The molecule has 98 valence electrons. The zero-order chi connectivity index (χ0) is 13.2. The molecule has 1 heterocycles. The molecule has 0 bridgehead atoms. The van der Waals surface area contributed by atoms with E-state index in [1.54, 1.807) is 6.20 Å². The van der Waals surface area contributed by atoms with Gasteiger partial charge in [0, 0.05) is 29.3 Å². The molecule has 1 aromatic heterocycles. The predicted molar refractivity (Wildman–Crippen MR) is 77.2 cm³/mol. The maximum atomic E-state index is 12.7. The Hall–Kier alpha value is -1.70. The largest absolute Gasteiger partial charge is 0.294 e. The summed E-state index contributed by atoms with van der Waals surface area (Å²) in [6, 6.07) is 8.02. The van der Waals surface area contributed by atoms with Gasteiger partial charge in [0.2, 0.25) is 0 Å². The second kappa shape index (κ2) is 5.12. The molecule has 1 saturated carbocycles. The highest BCUT2D eigenvalue weighted by atomic mass is 16.1. The van der Waals surface area contributed by atoms with E-state index in [1.165, 1.54) is 12.8 Å². The Labute approximate surface area is 113 Å². The fraction of sp³-hybridized carbons (Fsp3) is 0.412. The van der Waals surface area contributed by atoms with E-state index in [9.17, 15) is 4.79 Å². The van der Waals surface area contributed by atoms with Gasteiger partial charge in [0.25, 0.3) is 0 Å². The van der Waals surface area contributed by atoms with Gasteiger partial charge in [-0.2, -0.15) is 0 Å². The first-order chi connectivity index (χ1) is 9.29. The molecule has 0 aliphatic heterocycles.